The van der Waals surface area contributed by atoms with Gasteiger partial charge in [0.1, 0.15) is 0 Å². The smallest absolute Gasteiger partial charge is 0.0745 e. The summed E-state index contributed by atoms with van der Waals surface area (Å²) < 4.78 is 0.933. The summed E-state index contributed by atoms with van der Waals surface area (Å²) in [4.78, 5) is 4.31. The normalized spacial score (nSPS) is 12.5. The summed E-state index contributed by atoms with van der Waals surface area (Å²) in [5.41, 5.74) is 4.76. The zero-order valence-corrected chi connectivity index (χ0v) is 13.4. The third-order valence-corrected chi connectivity index (χ3v) is 4.27. The van der Waals surface area contributed by atoms with Crippen molar-refractivity contribution < 1.29 is 0 Å². The molecule has 1 aromatic heterocycles. The van der Waals surface area contributed by atoms with Crippen LogP contribution in [0.15, 0.2) is 59.3 Å². The molecular formula is C16H13BrClN3. The van der Waals surface area contributed by atoms with Gasteiger partial charge in [-0.25, -0.2) is 5.43 Å². The van der Waals surface area contributed by atoms with Crippen molar-refractivity contribution in [2.45, 2.75) is 6.04 Å². The van der Waals surface area contributed by atoms with E-state index < -0.39 is 0 Å². The minimum atomic E-state index is -0.218. The molecule has 1 atom stereocenters. The molecule has 0 aliphatic heterocycles. The number of hydrogen-bond donors (Lipinski definition) is 2. The molecule has 21 heavy (non-hydrogen) atoms. The van der Waals surface area contributed by atoms with Gasteiger partial charge in [-0.2, -0.15) is 0 Å². The molecule has 0 bridgehead atoms. The average Bonchev–Trinajstić information content (AvgIpc) is 2.50. The Bertz CT molecular complexity index is 786. The predicted octanol–water partition coefficient (Wildman–Crippen LogP) is 4.20. The fraction of sp³-hybridized carbons (Fsp3) is 0.0625. The van der Waals surface area contributed by atoms with E-state index in [1.165, 1.54) is 0 Å². The molecule has 0 amide bonds. The van der Waals surface area contributed by atoms with Crippen LogP contribution in [-0.4, -0.2) is 4.98 Å². The van der Waals surface area contributed by atoms with Crippen LogP contribution < -0.4 is 11.3 Å². The molecular weight excluding hydrogens is 350 g/mol. The maximum absolute atomic E-state index is 6.36. The number of pyridine rings is 1. The molecule has 0 fully saturated rings. The van der Waals surface area contributed by atoms with Crippen molar-refractivity contribution in [1.82, 2.24) is 10.4 Å². The van der Waals surface area contributed by atoms with Crippen LogP contribution in [0.1, 0.15) is 17.2 Å². The van der Waals surface area contributed by atoms with E-state index in [1.54, 1.807) is 0 Å². The second kappa shape index (κ2) is 6.12. The quantitative estimate of drug-likeness (QED) is 0.542. The highest BCUT2D eigenvalue weighted by atomic mass is 79.9. The highest BCUT2D eigenvalue weighted by Gasteiger charge is 2.18. The van der Waals surface area contributed by atoms with Gasteiger partial charge in [-0.15, -0.1) is 0 Å². The van der Waals surface area contributed by atoms with E-state index >= 15 is 0 Å². The summed E-state index contributed by atoms with van der Waals surface area (Å²) in [6, 6.07) is 13.6. The number of hydrazine groups is 1. The van der Waals surface area contributed by atoms with Crippen LogP contribution in [0, 0.1) is 0 Å². The molecule has 2 aromatic carbocycles. The Kier molecular flexibility index (Phi) is 4.22. The van der Waals surface area contributed by atoms with E-state index in [-0.39, 0.29) is 6.04 Å². The van der Waals surface area contributed by atoms with Gasteiger partial charge in [-0.3, -0.25) is 10.8 Å². The largest absolute Gasteiger partial charge is 0.271 e. The molecule has 106 valence electrons. The number of nitrogens with one attached hydrogen (secondary N) is 1. The second-order valence-electron chi connectivity index (χ2n) is 4.72. The maximum atomic E-state index is 6.36. The lowest BCUT2D eigenvalue weighted by atomic mass is 9.96. The average molecular weight is 363 g/mol. The number of fused-ring (bicyclic) bond motifs is 1. The lowest BCUT2D eigenvalue weighted by Crippen LogP contribution is -2.29. The first-order valence-corrected chi connectivity index (χ1v) is 7.61. The summed E-state index contributed by atoms with van der Waals surface area (Å²) in [6.07, 6.45) is 3.67. The van der Waals surface area contributed by atoms with E-state index in [1.807, 2.05) is 48.8 Å². The van der Waals surface area contributed by atoms with Crippen molar-refractivity contribution in [3.63, 3.8) is 0 Å². The zero-order chi connectivity index (χ0) is 14.8. The van der Waals surface area contributed by atoms with Crippen LogP contribution in [0.5, 0.6) is 0 Å². The van der Waals surface area contributed by atoms with Gasteiger partial charge in [0.2, 0.25) is 0 Å². The van der Waals surface area contributed by atoms with Gasteiger partial charge >= 0.3 is 0 Å². The number of halogens is 2. The number of hydrogen-bond acceptors (Lipinski definition) is 3. The Morgan fingerprint density at radius 3 is 2.67 bits per heavy atom. The highest BCUT2D eigenvalue weighted by molar-refractivity contribution is 9.10. The minimum absolute atomic E-state index is 0.218. The molecule has 3 rings (SSSR count). The molecule has 0 spiro atoms. The maximum Gasteiger partial charge on any atom is 0.0745 e. The van der Waals surface area contributed by atoms with Crippen LogP contribution in [0.25, 0.3) is 10.8 Å². The first-order valence-electron chi connectivity index (χ1n) is 6.44. The number of aromatic nitrogens is 1. The molecule has 3 nitrogen and oxygen atoms in total. The first-order chi connectivity index (χ1) is 10.2. The van der Waals surface area contributed by atoms with E-state index in [9.17, 15) is 0 Å². The van der Waals surface area contributed by atoms with Crippen molar-refractivity contribution in [3.05, 3.63) is 75.5 Å². The van der Waals surface area contributed by atoms with Crippen LogP contribution in [0.3, 0.4) is 0 Å². The molecule has 0 aliphatic rings. The SMILES string of the molecule is NNC(c1ccc(Br)cc1Cl)c1cncc2ccccc12. The van der Waals surface area contributed by atoms with Gasteiger partial charge < -0.3 is 0 Å². The summed E-state index contributed by atoms with van der Waals surface area (Å²) in [5.74, 6) is 5.79. The van der Waals surface area contributed by atoms with Gasteiger partial charge in [0.25, 0.3) is 0 Å². The summed E-state index contributed by atoms with van der Waals surface area (Å²) in [7, 11) is 0. The van der Waals surface area contributed by atoms with Crippen molar-refractivity contribution in [2.24, 2.45) is 5.84 Å². The lowest BCUT2D eigenvalue weighted by molar-refractivity contribution is 0.639. The molecule has 0 radical (unpaired) electrons. The predicted molar refractivity (Wildman–Crippen MR) is 90.1 cm³/mol. The first kappa shape index (κ1) is 14.5. The van der Waals surface area contributed by atoms with E-state index in [4.69, 9.17) is 17.4 Å². The van der Waals surface area contributed by atoms with E-state index in [2.05, 4.69) is 32.4 Å². The van der Waals surface area contributed by atoms with E-state index in [0.29, 0.717) is 5.02 Å². The lowest BCUT2D eigenvalue weighted by Gasteiger charge is -2.19. The molecule has 5 heteroatoms. The topological polar surface area (TPSA) is 50.9 Å². The van der Waals surface area contributed by atoms with Gasteiger partial charge in [0.05, 0.1) is 6.04 Å². The van der Waals surface area contributed by atoms with Crippen LogP contribution >= 0.6 is 27.5 Å². The van der Waals surface area contributed by atoms with Gasteiger partial charge in [-0.1, -0.05) is 57.9 Å². The van der Waals surface area contributed by atoms with Crippen molar-refractivity contribution in [2.75, 3.05) is 0 Å². The fourth-order valence-electron chi connectivity index (χ4n) is 2.45. The van der Waals surface area contributed by atoms with Gasteiger partial charge in [0, 0.05) is 32.8 Å². The Morgan fingerprint density at radius 2 is 1.90 bits per heavy atom. The number of benzene rings is 2. The molecule has 1 unspecified atom stereocenters. The van der Waals surface area contributed by atoms with E-state index in [0.717, 1.165) is 26.4 Å². The van der Waals surface area contributed by atoms with Crippen LogP contribution in [0.2, 0.25) is 5.02 Å². The fourth-order valence-corrected chi connectivity index (χ4v) is 3.24. The molecule has 0 aliphatic carbocycles. The Labute approximate surface area is 136 Å². The molecule has 1 heterocycles. The van der Waals surface area contributed by atoms with Crippen molar-refractivity contribution >= 4 is 38.3 Å². The van der Waals surface area contributed by atoms with Gasteiger partial charge in [0.15, 0.2) is 0 Å². The number of rotatable bonds is 3. The Morgan fingerprint density at radius 1 is 1.10 bits per heavy atom. The van der Waals surface area contributed by atoms with Crippen LogP contribution in [0.4, 0.5) is 0 Å². The highest BCUT2D eigenvalue weighted by Crippen LogP contribution is 2.32. The molecule has 0 saturated carbocycles. The summed E-state index contributed by atoms with van der Waals surface area (Å²) >= 11 is 9.77. The summed E-state index contributed by atoms with van der Waals surface area (Å²) in [5, 5.41) is 2.83. The number of nitrogens with zero attached hydrogens (tertiary/aromatic N) is 1. The molecule has 3 N–H and O–H groups in total. The standard InChI is InChI=1S/C16H13BrClN3/c17-11-5-6-13(15(18)7-11)16(21-19)14-9-20-8-10-3-1-2-4-12(10)14/h1-9,16,21H,19H2. The minimum Gasteiger partial charge on any atom is -0.271 e. The third kappa shape index (κ3) is 2.80. The Hall–Kier alpha value is -1.46. The van der Waals surface area contributed by atoms with Gasteiger partial charge in [-0.05, 0) is 23.1 Å². The zero-order valence-electron chi connectivity index (χ0n) is 11.1. The second-order valence-corrected chi connectivity index (χ2v) is 6.04. The summed E-state index contributed by atoms with van der Waals surface area (Å²) in [6.45, 7) is 0. The van der Waals surface area contributed by atoms with Crippen LogP contribution in [-0.2, 0) is 0 Å². The third-order valence-electron chi connectivity index (χ3n) is 3.45. The number of nitrogens with two attached hydrogens (primary N) is 1. The van der Waals surface area contributed by atoms with Crippen molar-refractivity contribution in [1.29, 1.82) is 0 Å². The molecule has 0 saturated heterocycles. The monoisotopic (exact) mass is 361 g/mol. The Balaban J connectivity index is 2.18. The molecule has 3 aromatic rings. The van der Waals surface area contributed by atoms with Crippen molar-refractivity contribution in [3.8, 4) is 0 Å².